The number of benzene rings is 3. The van der Waals surface area contributed by atoms with Gasteiger partial charge in [-0.15, -0.1) is 0 Å². The second-order valence-corrected chi connectivity index (χ2v) is 15.9. The Bertz CT molecular complexity index is 2160. The molecule has 9 nitrogen and oxygen atoms in total. The van der Waals surface area contributed by atoms with Crippen LogP contribution in [-0.2, 0) is 44.2 Å². The van der Waals surface area contributed by atoms with Crippen LogP contribution < -0.4 is 4.90 Å². The molecule has 0 saturated carbocycles. The molecule has 10 heteroatoms. The van der Waals surface area contributed by atoms with Crippen molar-refractivity contribution in [3.63, 3.8) is 0 Å². The van der Waals surface area contributed by atoms with Crippen molar-refractivity contribution in [1.82, 2.24) is 0 Å². The van der Waals surface area contributed by atoms with Gasteiger partial charge in [-0.2, -0.15) is 13.0 Å². The van der Waals surface area contributed by atoms with Gasteiger partial charge in [-0.3, -0.25) is 13.8 Å². The number of hydrogen-bond donors (Lipinski definition) is 0. The average Bonchev–Trinajstić information content (AvgIpc) is 3.49. The number of anilines is 1. The van der Waals surface area contributed by atoms with Crippen LogP contribution in [0.1, 0.15) is 62.8 Å². The van der Waals surface area contributed by atoms with E-state index < -0.39 is 15.5 Å². The average molecular weight is 738 g/mol. The second kappa shape index (κ2) is 15.9. The molecule has 53 heavy (non-hydrogen) atoms. The number of rotatable bonds is 13. The molecule has 3 aromatic carbocycles. The van der Waals surface area contributed by atoms with Crippen molar-refractivity contribution < 1.29 is 36.2 Å². The zero-order valence-electron chi connectivity index (χ0n) is 31.8. The van der Waals surface area contributed by atoms with E-state index in [9.17, 15) is 18.0 Å². The number of carbonyl (C=O) groups is 2. The number of esters is 2. The van der Waals surface area contributed by atoms with Crippen LogP contribution in [0.15, 0.2) is 114 Å². The Morgan fingerprint density at radius 1 is 0.830 bits per heavy atom. The fourth-order valence-electron chi connectivity index (χ4n) is 7.15. The molecule has 0 spiro atoms. The lowest BCUT2D eigenvalue weighted by Gasteiger charge is -2.26. The first kappa shape index (κ1) is 39.2. The molecule has 0 aliphatic carbocycles. The van der Waals surface area contributed by atoms with Gasteiger partial charge in [0.1, 0.15) is 6.42 Å². The molecule has 0 radical (unpaired) electrons. The van der Waals surface area contributed by atoms with E-state index in [-0.39, 0.29) is 35.1 Å². The number of fused-ring (bicyclic) bond motifs is 2. The first-order chi connectivity index (χ1) is 25.1. The quantitative estimate of drug-likeness (QED) is 0.0761. The molecule has 0 saturated heterocycles. The number of allylic oxidation sites excluding steroid dienone is 8. The van der Waals surface area contributed by atoms with Gasteiger partial charge in [0.25, 0.3) is 10.1 Å². The summed E-state index contributed by atoms with van der Waals surface area (Å²) in [6.07, 6.45) is 12.7. The van der Waals surface area contributed by atoms with Crippen LogP contribution >= 0.6 is 0 Å². The van der Waals surface area contributed by atoms with Gasteiger partial charge in [0.2, 0.25) is 5.69 Å². The number of methoxy groups -OCH3 is 2. The highest BCUT2D eigenvalue weighted by Gasteiger charge is 2.44. The Labute approximate surface area is 313 Å². The molecule has 2 heterocycles. The molecule has 0 amide bonds. The maximum atomic E-state index is 12.6. The molecule has 0 N–H and O–H groups in total. The predicted molar refractivity (Wildman–Crippen MR) is 209 cm³/mol. The Kier molecular flexibility index (Phi) is 11.7. The largest absolute Gasteiger partial charge is 0.469 e. The van der Waals surface area contributed by atoms with E-state index in [1.54, 1.807) is 12.1 Å². The Morgan fingerprint density at radius 2 is 1.53 bits per heavy atom. The van der Waals surface area contributed by atoms with Crippen LogP contribution in [0, 0.1) is 6.92 Å². The summed E-state index contributed by atoms with van der Waals surface area (Å²) in [7, 11) is 0.0123. The molecule has 0 atom stereocenters. The van der Waals surface area contributed by atoms with Crippen LogP contribution in [-0.4, -0.2) is 65.1 Å². The molecule has 5 rings (SSSR count). The lowest BCUT2D eigenvalue weighted by Crippen LogP contribution is -2.28. The normalized spacial score (nSPS) is 17.2. The smallest absolute Gasteiger partial charge is 0.311 e. The first-order valence-corrected chi connectivity index (χ1v) is 19.0. The fourth-order valence-corrected chi connectivity index (χ4v) is 7.84. The maximum Gasteiger partial charge on any atom is 0.311 e. The summed E-state index contributed by atoms with van der Waals surface area (Å²) in [5.41, 5.74) is 8.19. The lowest BCUT2D eigenvalue weighted by molar-refractivity contribution is -0.436. The van der Waals surface area contributed by atoms with Crippen LogP contribution in [0.25, 0.3) is 5.57 Å². The van der Waals surface area contributed by atoms with Crippen molar-refractivity contribution in [3.8, 4) is 0 Å². The molecule has 0 fully saturated rings. The summed E-state index contributed by atoms with van der Waals surface area (Å²) in [6, 6.07) is 21.5. The summed E-state index contributed by atoms with van der Waals surface area (Å²) in [5, 5.41) is 0. The van der Waals surface area contributed by atoms with Crippen molar-refractivity contribution >= 4 is 44.7 Å². The van der Waals surface area contributed by atoms with Crippen molar-refractivity contribution in [3.05, 3.63) is 131 Å². The van der Waals surface area contributed by atoms with Gasteiger partial charge in [-0.25, -0.2) is 0 Å². The van der Waals surface area contributed by atoms with E-state index in [4.69, 9.17) is 13.7 Å². The van der Waals surface area contributed by atoms with Crippen molar-refractivity contribution in [2.45, 2.75) is 63.2 Å². The van der Waals surface area contributed by atoms with Gasteiger partial charge in [0, 0.05) is 41.1 Å². The monoisotopic (exact) mass is 737 g/mol. The van der Waals surface area contributed by atoms with E-state index in [0.29, 0.717) is 13.1 Å². The molecular formula is C43H49N2O7S+. The first-order valence-electron chi connectivity index (χ1n) is 17.6. The van der Waals surface area contributed by atoms with Crippen LogP contribution in [0.5, 0.6) is 0 Å². The summed E-state index contributed by atoms with van der Waals surface area (Å²) in [5.74, 6) is -0.591. The predicted octanol–water partition coefficient (Wildman–Crippen LogP) is 7.71. The molecule has 0 bridgehead atoms. The van der Waals surface area contributed by atoms with Gasteiger partial charge < -0.3 is 14.4 Å². The molecular weight excluding hydrogens is 689 g/mol. The lowest BCUT2D eigenvalue weighted by atomic mass is 9.81. The molecule has 278 valence electrons. The van der Waals surface area contributed by atoms with E-state index in [2.05, 4.69) is 73.9 Å². The van der Waals surface area contributed by atoms with Gasteiger partial charge in [-0.1, -0.05) is 80.1 Å². The van der Waals surface area contributed by atoms with Crippen molar-refractivity contribution in [2.24, 2.45) is 0 Å². The summed E-state index contributed by atoms with van der Waals surface area (Å²) in [4.78, 5) is 26.5. The molecule has 0 aromatic heterocycles. The Hall–Kier alpha value is -5.06. The maximum absolute atomic E-state index is 12.6. The van der Waals surface area contributed by atoms with Gasteiger partial charge in [0.05, 0.1) is 38.1 Å². The number of ether oxygens (including phenoxy) is 2. The highest BCUT2D eigenvalue weighted by molar-refractivity contribution is 7.86. The topological polar surface area (TPSA) is 102 Å². The minimum Gasteiger partial charge on any atom is -0.469 e. The highest BCUT2D eigenvalue weighted by Crippen LogP contribution is 2.48. The number of aryl methyl sites for hydroxylation is 1. The minimum atomic E-state index is -3.91. The van der Waals surface area contributed by atoms with Gasteiger partial charge >= 0.3 is 11.9 Å². The van der Waals surface area contributed by atoms with Crippen LogP contribution in [0.3, 0.4) is 0 Å². The van der Waals surface area contributed by atoms with Crippen LogP contribution in [0.4, 0.5) is 11.4 Å². The third kappa shape index (κ3) is 8.14. The molecule has 2 aliphatic rings. The van der Waals surface area contributed by atoms with E-state index in [1.165, 1.54) is 31.4 Å². The highest BCUT2D eigenvalue weighted by atomic mass is 32.2. The van der Waals surface area contributed by atoms with Crippen molar-refractivity contribution in [2.75, 3.05) is 39.3 Å². The number of nitrogens with zero attached hydrogens (tertiary/aromatic N) is 2. The van der Waals surface area contributed by atoms with Crippen LogP contribution in [0.2, 0.25) is 0 Å². The molecule has 0 unspecified atom stereocenters. The summed E-state index contributed by atoms with van der Waals surface area (Å²) in [6.45, 7) is 11.4. The van der Waals surface area contributed by atoms with Crippen molar-refractivity contribution in [1.29, 1.82) is 0 Å². The Morgan fingerprint density at radius 3 is 2.21 bits per heavy atom. The molecule has 3 aromatic rings. The van der Waals surface area contributed by atoms with E-state index >= 15 is 0 Å². The van der Waals surface area contributed by atoms with E-state index in [0.717, 1.165) is 46.6 Å². The number of hydrogen-bond acceptors (Lipinski definition) is 8. The summed E-state index contributed by atoms with van der Waals surface area (Å²) < 4.78 is 42.2. The fraction of sp³-hybridized carbons (Fsp3) is 0.326. The standard InChI is InChI=1S/C43H49N2O7S/c1-30-20-22-36-34(28-30)42(2,3)38(44(36)26-24-40(46)50-6)18-12-16-32(31-14-10-9-11-15-31)17-13-19-39-43(4,5)35-29-33(53(48,49)52-8)21-23-37(35)45(39)27-25-41(47)51-7/h9-23,28-29H,24-27H2,1-8H3/q+1. The summed E-state index contributed by atoms with van der Waals surface area (Å²) >= 11 is 0. The second-order valence-electron chi connectivity index (χ2n) is 14.2. The third-order valence-corrected chi connectivity index (χ3v) is 11.4. The van der Waals surface area contributed by atoms with Gasteiger partial charge in [-0.05, 0) is 67.8 Å². The number of carbonyl (C=O) groups excluding carboxylic acids is 2. The molecule has 2 aliphatic heterocycles. The zero-order valence-corrected chi connectivity index (χ0v) is 32.6. The SMILES string of the molecule is COC(=O)CCN1/C(=C/C=C/C(=C/C=C/C2=[N+](CCC(=O)OC)c3ccc(C)cc3C2(C)C)c2ccccc2)C(C)(C)c2cc(S(=O)(=O)OC)ccc21. The third-order valence-electron chi connectivity index (χ3n) is 10.1. The Balaban J connectivity index is 1.55. The van der Waals surface area contributed by atoms with E-state index in [1.807, 2.05) is 55.2 Å². The zero-order chi connectivity index (χ0) is 38.6. The van der Waals surface area contributed by atoms with Gasteiger partial charge in [0.15, 0.2) is 12.3 Å². The minimum absolute atomic E-state index is 0.0722.